The van der Waals surface area contributed by atoms with E-state index >= 15 is 0 Å². The predicted molar refractivity (Wildman–Crippen MR) is 40.7 cm³/mol. The second kappa shape index (κ2) is 37.4. The summed E-state index contributed by atoms with van der Waals surface area (Å²) in [7, 11) is 7.00. The van der Waals surface area contributed by atoms with Crippen molar-refractivity contribution in [2.24, 2.45) is 0 Å². The molecule has 0 N–H and O–H groups in total. The first-order valence-electron chi connectivity index (χ1n) is 1.79. The standard InChI is InChI=1S/2C2H6N.BrH.Nd/c2*1-3-2;;/h2*1-2H3;1H;/q2*-1;;. The third-order valence-electron chi connectivity index (χ3n) is 0. The molecule has 4 heteroatoms. The molecule has 0 spiro atoms. The van der Waals surface area contributed by atoms with Gasteiger partial charge in [-0.3, -0.25) is 0 Å². The molecule has 2 nitrogen and oxygen atoms in total. The summed E-state index contributed by atoms with van der Waals surface area (Å²) in [5.41, 5.74) is 0. The second-order valence-corrected chi connectivity index (χ2v) is 0.894. The van der Waals surface area contributed by atoms with Crippen LogP contribution in [0.5, 0.6) is 0 Å². The SMILES string of the molecule is Br.C[N-]C.C[N-]C.[Nd]. The number of nitrogens with zero attached hydrogens (tertiary/aromatic N) is 2. The minimum Gasteiger partial charge on any atom is -0.668 e. The van der Waals surface area contributed by atoms with E-state index in [2.05, 4.69) is 10.6 Å². The van der Waals surface area contributed by atoms with Crippen molar-refractivity contribution in [3.8, 4) is 0 Å². The number of hydrogen-bond acceptors (Lipinski definition) is 0. The fourth-order valence-corrected chi connectivity index (χ4v) is 0. The van der Waals surface area contributed by atoms with Crippen molar-refractivity contribution < 1.29 is 40.8 Å². The Kier molecular flexibility index (Phi) is 105. The van der Waals surface area contributed by atoms with Gasteiger partial charge in [0, 0.05) is 40.8 Å². The third kappa shape index (κ3) is 115. The predicted octanol–water partition coefficient (Wildman–Crippen LogP) is 1.82. The van der Waals surface area contributed by atoms with Gasteiger partial charge in [-0.05, 0) is 0 Å². The van der Waals surface area contributed by atoms with Gasteiger partial charge in [0.1, 0.15) is 0 Å². The Morgan fingerprint density at radius 3 is 0.750 bits per heavy atom. The van der Waals surface area contributed by atoms with Crippen LogP contribution in [-0.4, -0.2) is 28.2 Å². The number of rotatable bonds is 0. The van der Waals surface area contributed by atoms with E-state index in [9.17, 15) is 0 Å². The van der Waals surface area contributed by atoms with E-state index in [1.54, 1.807) is 28.2 Å². The van der Waals surface area contributed by atoms with Crippen LogP contribution in [0.4, 0.5) is 0 Å². The Morgan fingerprint density at radius 2 is 0.750 bits per heavy atom. The van der Waals surface area contributed by atoms with Crippen molar-refractivity contribution in [3.63, 3.8) is 0 Å². The second-order valence-electron chi connectivity index (χ2n) is 0.894. The van der Waals surface area contributed by atoms with Gasteiger partial charge in [0.25, 0.3) is 0 Å². The van der Waals surface area contributed by atoms with Crippen LogP contribution in [0.15, 0.2) is 0 Å². The average molecular weight is 313 g/mol. The van der Waals surface area contributed by atoms with E-state index in [4.69, 9.17) is 0 Å². The minimum atomic E-state index is 0. The Morgan fingerprint density at radius 1 is 0.750 bits per heavy atom. The minimum absolute atomic E-state index is 0. The molecule has 0 heterocycles. The summed E-state index contributed by atoms with van der Waals surface area (Å²) in [5, 5.41) is 7.00. The normalized spacial score (nSPS) is 4.50. The zero-order valence-corrected chi connectivity index (χ0v) is 10.7. The first kappa shape index (κ1) is 22.6. The number of hydrogen-bond donors (Lipinski definition) is 0. The zero-order chi connectivity index (χ0) is 5.41. The Hall–Kier alpha value is 1.75. The summed E-state index contributed by atoms with van der Waals surface area (Å²) in [6.45, 7) is 0. The summed E-state index contributed by atoms with van der Waals surface area (Å²) in [5.74, 6) is 0. The maximum atomic E-state index is 3.50. The first-order chi connectivity index (χ1) is 2.83. The fourth-order valence-electron chi connectivity index (χ4n) is 0. The molecule has 0 radical (unpaired) electrons. The van der Waals surface area contributed by atoms with Gasteiger partial charge < -0.3 is 10.6 Å². The van der Waals surface area contributed by atoms with Crippen LogP contribution in [0.1, 0.15) is 0 Å². The molecule has 52 valence electrons. The average Bonchev–Trinajstić information content (AvgIpc) is 1.39. The molecule has 0 aromatic rings. The summed E-state index contributed by atoms with van der Waals surface area (Å²) < 4.78 is 0. The molecular weight excluding hydrogens is 300 g/mol. The molecule has 0 bridgehead atoms. The maximum Gasteiger partial charge on any atom is 0 e. The molecular formula is C4H13BrN2Nd-2. The van der Waals surface area contributed by atoms with E-state index in [-0.39, 0.29) is 57.8 Å². The number of halogens is 1. The molecule has 0 aromatic carbocycles. The topological polar surface area (TPSA) is 28.2 Å². The van der Waals surface area contributed by atoms with E-state index in [0.29, 0.717) is 0 Å². The molecule has 8 heavy (non-hydrogen) atoms. The van der Waals surface area contributed by atoms with Crippen molar-refractivity contribution >= 4 is 17.0 Å². The van der Waals surface area contributed by atoms with Crippen LogP contribution < -0.4 is 0 Å². The molecule has 0 unspecified atom stereocenters. The molecule has 0 aliphatic rings. The van der Waals surface area contributed by atoms with Crippen molar-refractivity contribution in [3.05, 3.63) is 10.6 Å². The maximum absolute atomic E-state index is 3.50. The molecule has 0 rings (SSSR count). The Bertz CT molecular complexity index is 16.0. The largest absolute Gasteiger partial charge is 0.668 e. The van der Waals surface area contributed by atoms with Crippen molar-refractivity contribution in [1.82, 2.24) is 0 Å². The van der Waals surface area contributed by atoms with Crippen molar-refractivity contribution in [2.45, 2.75) is 0 Å². The van der Waals surface area contributed by atoms with Crippen LogP contribution in [0.25, 0.3) is 10.6 Å². The van der Waals surface area contributed by atoms with Crippen LogP contribution in [0, 0.1) is 40.8 Å². The molecule has 0 atom stereocenters. The van der Waals surface area contributed by atoms with Gasteiger partial charge in [-0.1, -0.05) is 0 Å². The molecule has 0 saturated heterocycles. The quantitative estimate of drug-likeness (QED) is 0.653. The molecule has 0 aliphatic heterocycles. The molecule has 0 amide bonds. The molecule has 0 fully saturated rings. The molecule has 0 aromatic heterocycles. The van der Waals surface area contributed by atoms with Gasteiger partial charge in [-0.2, -0.15) is 28.2 Å². The van der Waals surface area contributed by atoms with E-state index in [1.807, 2.05) is 0 Å². The molecule has 0 saturated carbocycles. The summed E-state index contributed by atoms with van der Waals surface area (Å²) in [4.78, 5) is 0. The van der Waals surface area contributed by atoms with Crippen LogP contribution in [0.2, 0.25) is 0 Å². The smallest absolute Gasteiger partial charge is 0 e. The van der Waals surface area contributed by atoms with Gasteiger partial charge in [-0.25, -0.2) is 0 Å². The van der Waals surface area contributed by atoms with Crippen molar-refractivity contribution in [1.29, 1.82) is 0 Å². The fraction of sp³-hybridized carbons (Fsp3) is 1.00. The van der Waals surface area contributed by atoms with Gasteiger partial charge in [-0.15, -0.1) is 17.0 Å². The van der Waals surface area contributed by atoms with Crippen molar-refractivity contribution in [2.75, 3.05) is 28.2 Å². The van der Waals surface area contributed by atoms with Crippen LogP contribution >= 0.6 is 17.0 Å². The van der Waals surface area contributed by atoms with E-state index in [0.717, 1.165) is 0 Å². The third-order valence-corrected chi connectivity index (χ3v) is 0. The summed E-state index contributed by atoms with van der Waals surface area (Å²) in [6.07, 6.45) is 0. The van der Waals surface area contributed by atoms with Gasteiger partial charge in [0.15, 0.2) is 0 Å². The summed E-state index contributed by atoms with van der Waals surface area (Å²) >= 11 is 0. The van der Waals surface area contributed by atoms with E-state index in [1.165, 1.54) is 0 Å². The zero-order valence-electron chi connectivity index (χ0n) is 5.80. The summed E-state index contributed by atoms with van der Waals surface area (Å²) in [6, 6.07) is 0. The molecule has 0 aliphatic carbocycles. The van der Waals surface area contributed by atoms with Gasteiger partial charge >= 0.3 is 0 Å². The van der Waals surface area contributed by atoms with Gasteiger partial charge in [0.2, 0.25) is 0 Å². The Labute approximate surface area is 95.5 Å². The van der Waals surface area contributed by atoms with Crippen LogP contribution in [-0.2, 0) is 0 Å². The van der Waals surface area contributed by atoms with E-state index < -0.39 is 0 Å². The van der Waals surface area contributed by atoms with Crippen LogP contribution in [0.3, 0.4) is 0 Å². The Balaban J connectivity index is -0.0000000160. The van der Waals surface area contributed by atoms with Gasteiger partial charge in [0.05, 0.1) is 0 Å². The first-order valence-corrected chi connectivity index (χ1v) is 1.79. The monoisotopic (exact) mass is 310 g/mol.